The summed E-state index contributed by atoms with van der Waals surface area (Å²) >= 11 is 0. The maximum atomic E-state index is 13.7. The Morgan fingerprint density at radius 1 is 1.14 bits per heavy atom. The summed E-state index contributed by atoms with van der Waals surface area (Å²) in [4.78, 5) is 27.9. The fraction of sp³-hybridized carbons (Fsp3) is 0.548. The number of hydrogen-bond donors (Lipinski definition) is 3. The molecule has 37 heavy (non-hydrogen) atoms. The Bertz CT molecular complexity index is 1020. The first kappa shape index (κ1) is 28.9. The van der Waals surface area contributed by atoms with Gasteiger partial charge in [-0.25, -0.2) is 0 Å². The summed E-state index contributed by atoms with van der Waals surface area (Å²) in [6, 6.07) is 18.0. The van der Waals surface area contributed by atoms with Crippen LogP contribution in [0.3, 0.4) is 0 Å². The van der Waals surface area contributed by atoms with Crippen LogP contribution in [0.2, 0.25) is 0 Å². The Balaban J connectivity index is 1.62. The van der Waals surface area contributed by atoms with Gasteiger partial charge in [-0.1, -0.05) is 82.6 Å². The summed E-state index contributed by atoms with van der Waals surface area (Å²) in [7, 11) is 0. The number of carbonyl (C=O) groups excluding carboxylic acids is 2. The fourth-order valence-electron chi connectivity index (χ4n) is 5.34. The van der Waals surface area contributed by atoms with Gasteiger partial charge in [-0.05, 0) is 48.3 Å². The molecule has 0 radical (unpaired) electrons. The molecule has 6 heteroatoms. The first-order valence-electron chi connectivity index (χ1n) is 13.8. The number of carbonyl (C=O) groups is 2. The molecule has 1 heterocycles. The van der Waals surface area contributed by atoms with Crippen molar-refractivity contribution < 1.29 is 14.7 Å². The first-order valence-corrected chi connectivity index (χ1v) is 13.8. The second kappa shape index (κ2) is 13.2. The number of anilines is 1. The molecule has 4 atom stereocenters. The number of aliphatic hydroxyl groups is 1. The molecule has 0 aromatic heterocycles. The normalized spacial score (nSPS) is 18.0. The van der Waals surface area contributed by atoms with Crippen molar-refractivity contribution in [3.05, 3.63) is 65.7 Å². The van der Waals surface area contributed by atoms with Gasteiger partial charge in [0.1, 0.15) is 0 Å². The van der Waals surface area contributed by atoms with Crippen LogP contribution in [0.5, 0.6) is 0 Å². The molecule has 2 aromatic carbocycles. The molecule has 2 amide bonds. The molecule has 0 spiro atoms. The number of amides is 2. The van der Waals surface area contributed by atoms with E-state index in [1.807, 2.05) is 62.1 Å². The first-order chi connectivity index (χ1) is 17.6. The van der Waals surface area contributed by atoms with Crippen LogP contribution in [-0.2, 0) is 16.0 Å². The third kappa shape index (κ3) is 8.14. The largest absolute Gasteiger partial charge is 0.391 e. The highest BCUT2D eigenvalue weighted by Gasteiger charge is 2.34. The van der Waals surface area contributed by atoms with Gasteiger partial charge in [0.05, 0.1) is 6.10 Å². The number of nitrogens with two attached hydrogens (primary N) is 1. The van der Waals surface area contributed by atoms with Gasteiger partial charge < -0.3 is 21.1 Å². The van der Waals surface area contributed by atoms with Crippen molar-refractivity contribution in [1.29, 1.82) is 0 Å². The zero-order valence-corrected chi connectivity index (χ0v) is 23.0. The van der Waals surface area contributed by atoms with Crippen LogP contribution < -0.4 is 16.0 Å². The van der Waals surface area contributed by atoms with E-state index >= 15 is 0 Å². The van der Waals surface area contributed by atoms with E-state index < -0.39 is 17.6 Å². The van der Waals surface area contributed by atoms with E-state index in [9.17, 15) is 14.7 Å². The van der Waals surface area contributed by atoms with Crippen molar-refractivity contribution in [2.24, 2.45) is 17.1 Å². The zero-order valence-electron chi connectivity index (χ0n) is 23.0. The maximum absolute atomic E-state index is 13.7. The van der Waals surface area contributed by atoms with Crippen LogP contribution in [0.4, 0.5) is 5.69 Å². The van der Waals surface area contributed by atoms with Crippen molar-refractivity contribution in [2.45, 2.75) is 84.3 Å². The molecule has 0 aliphatic carbocycles. The molecule has 6 nitrogen and oxygen atoms in total. The highest BCUT2D eigenvalue weighted by atomic mass is 16.3. The van der Waals surface area contributed by atoms with Crippen LogP contribution in [0, 0.1) is 11.3 Å². The van der Waals surface area contributed by atoms with Gasteiger partial charge in [-0.15, -0.1) is 0 Å². The lowest BCUT2D eigenvalue weighted by Crippen LogP contribution is -2.44. The van der Waals surface area contributed by atoms with Crippen molar-refractivity contribution in [3.8, 4) is 0 Å². The Kier molecular flexibility index (Phi) is 10.3. The number of hydrogen-bond acceptors (Lipinski definition) is 4. The Morgan fingerprint density at radius 2 is 1.81 bits per heavy atom. The van der Waals surface area contributed by atoms with Gasteiger partial charge in [-0.3, -0.25) is 9.59 Å². The molecule has 1 aliphatic heterocycles. The molecule has 3 rings (SSSR count). The van der Waals surface area contributed by atoms with E-state index in [0.29, 0.717) is 32.4 Å². The van der Waals surface area contributed by atoms with E-state index in [-0.39, 0.29) is 23.7 Å². The molecule has 1 unspecified atom stereocenters. The van der Waals surface area contributed by atoms with Crippen LogP contribution >= 0.6 is 0 Å². The predicted octanol–water partition coefficient (Wildman–Crippen LogP) is 4.80. The quantitative estimate of drug-likeness (QED) is 0.360. The standard InChI is InChI=1S/C31H45N3O3/c1-5-6-16-33-30(37)22(2)17-28(35)26(32)19-31(3,4)20-29(36)34-21-25(23-12-8-7-9-13-23)18-24-14-10-11-15-27(24)34/h7-15,22,25-26,28,35H,5-6,16-21,32H2,1-4H3,(H,33,37)/t22-,25?,26+,28+/m1/s1. The minimum Gasteiger partial charge on any atom is -0.391 e. The van der Waals surface area contributed by atoms with Crippen LogP contribution in [0.1, 0.15) is 76.8 Å². The second-order valence-corrected chi connectivity index (χ2v) is 11.5. The molecule has 0 saturated carbocycles. The van der Waals surface area contributed by atoms with E-state index in [4.69, 9.17) is 5.73 Å². The van der Waals surface area contributed by atoms with Crippen molar-refractivity contribution >= 4 is 17.5 Å². The van der Waals surface area contributed by atoms with Crippen LogP contribution in [-0.4, -0.2) is 42.2 Å². The number of nitrogens with zero attached hydrogens (tertiary/aromatic N) is 1. The van der Waals surface area contributed by atoms with E-state index in [0.717, 1.165) is 24.9 Å². The maximum Gasteiger partial charge on any atom is 0.227 e. The molecule has 0 fully saturated rings. The summed E-state index contributed by atoms with van der Waals surface area (Å²) in [5.41, 5.74) is 9.41. The van der Waals surface area contributed by atoms with E-state index in [1.165, 1.54) is 11.1 Å². The highest BCUT2D eigenvalue weighted by molar-refractivity contribution is 5.95. The molecule has 0 saturated heterocycles. The summed E-state index contributed by atoms with van der Waals surface area (Å²) in [5.74, 6) is -0.0473. The summed E-state index contributed by atoms with van der Waals surface area (Å²) in [6.07, 6.45) is 3.19. The molecule has 202 valence electrons. The predicted molar refractivity (Wildman–Crippen MR) is 150 cm³/mol. The molecule has 2 aromatic rings. The number of para-hydroxylation sites is 1. The van der Waals surface area contributed by atoms with Gasteiger partial charge in [0.15, 0.2) is 0 Å². The number of rotatable bonds is 12. The van der Waals surface area contributed by atoms with Crippen LogP contribution in [0.15, 0.2) is 54.6 Å². The summed E-state index contributed by atoms with van der Waals surface area (Å²) in [5, 5.41) is 13.7. The third-order valence-corrected chi connectivity index (χ3v) is 7.51. The van der Waals surface area contributed by atoms with Gasteiger partial charge in [-0.2, -0.15) is 0 Å². The Hall–Kier alpha value is -2.70. The van der Waals surface area contributed by atoms with Gasteiger partial charge in [0.25, 0.3) is 0 Å². The van der Waals surface area contributed by atoms with E-state index in [1.54, 1.807) is 0 Å². The smallest absolute Gasteiger partial charge is 0.227 e. The monoisotopic (exact) mass is 507 g/mol. The van der Waals surface area contributed by atoms with Gasteiger partial charge in [0, 0.05) is 43.1 Å². The average molecular weight is 508 g/mol. The number of nitrogens with one attached hydrogen (secondary N) is 1. The van der Waals surface area contributed by atoms with Gasteiger partial charge in [0.2, 0.25) is 11.8 Å². The molecule has 0 bridgehead atoms. The lowest BCUT2D eigenvalue weighted by molar-refractivity contribution is -0.125. The highest BCUT2D eigenvalue weighted by Crippen LogP contribution is 2.37. The Labute approximate surface area is 222 Å². The average Bonchev–Trinajstić information content (AvgIpc) is 2.87. The minimum absolute atomic E-state index is 0.0501. The molecule has 1 aliphatic rings. The van der Waals surface area contributed by atoms with Crippen molar-refractivity contribution in [1.82, 2.24) is 5.32 Å². The van der Waals surface area contributed by atoms with Gasteiger partial charge >= 0.3 is 0 Å². The number of unbranched alkanes of at least 4 members (excludes halogenated alkanes) is 1. The Morgan fingerprint density at radius 3 is 2.51 bits per heavy atom. The van der Waals surface area contributed by atoms with E-state index in [2.05, 4.69) is 30.4 Å². The van der Waals surface area contributed by atoms with Crippen molar-refractivity contribution in [3.63, 3.8) is 0 Å². The minimum atomic E-state index is -0.806. The third-order valence-electron chi connectivity index (χ3n) is 7.51. The fourth-order valence-corrected chi connectivity index (χ4v) is 5.34. The lowest BCUT2D eigenvalue weighted by atomic mass is 9.79. The number of benzene rings is 2. The summed E-state index contributed by atoms with van der Waals surface area (Å²) < 4.78 is 0. The molecule has 4 N–H and O–H groups in total. The number of fused-ring (bicyclic) bond motifs is 1. The second-order valence-electron chi connectivity index (χ2n) is 11.5. The topological polar surface area (TPSA) is 95.7 Å². The molecular weight excluding hydrogens is 462 g/mol. The number of aliphatic hydroxyl groups excluding tert-OH is 1. The van der Waals surface area contributed by atoms with Crippen molar-refractivity contribution in [2.75, 3.05) is 18.0 Å². The van der Waals surface area contributed by atoms with Crippen LogP contribution in [0.25, 0.3) is 0 Å². The zero-order chi connectivity index (χ0) is 27.0. The lowest BCUT2D eigenvalue weighted by Gasteiger charge is -2.37. The summed E-state index contributed by atoms with van der Waals surface area (Å²) in [6.45, 7) is 9.27. The molecular formula is C31H45N3O3. The SMILES string of the molecule is CCCCNC(=O)[C@H](C)C[C@H](O)[C@@H](N)CC(C)(C)CC(=O)N1CC(c2ccccc2)Cc2ccccc21.